The van der Waals surface area contributed by atoms with Crippen LogP contribution in [0.2, 0.25) is 0 Å². The molecule has 1 unspecified atom stereocenters. The second-order valence-corrected chi connectivity index (χ2v) is 6.28. The maximum absolute atomic E-state index is 12.2. The van der Waals surface area contributed by atoms with Crippen molar-refractivity contribution in [3.05, 3.63) is 40.4 Å². The highest BCUT2D eigenvalue weighted by atomic mass is 32.1. The summed E-state index contributed by atoms with van der Waals surface area (Å²) in [6, 6.07) is 7.82. The summed E-state index contributed by atoms with van der Waals surface area (Å²) in [6.07, 6.45) is -0.593. The van der Waals surface area contributed by atoms with Crippen LogP contribution < -0.4 is 10.1 Å². The molecule has 2 N–H and O–H groups in total. The van der Waals surface area contributed by atoms with Crippen LogP contribution in [0, 0.1) is 4.77 Å². The molecule has 1 aromatic carbocycles. The first kappa shape index (κ1) is 18.2. The molecule has 1 heterocycles. The number of hydrogen-bond acceptors (Lipinski definition) is 4. The topological polar surface area (TPSA) is 71.9 Å². The van der Waals surface area contributed by atoms with E-state index in [1.807, 2.05) is 29.7 Å². The number of carbonyl (C=O) groups excluding carboxylic acids is 1. The molecule has 1 aromatic heterocycles. The van der Waals surface area contributed by atoms with Crippen molar-refractivity contribution in [2.45, 2.75) is 52.8 Å². The third-order valence-electron chi connectivity index (χ3n) is 3.78. The van der Waals surface area contributed by atoms with Gasteiger partial charge < -0.3 is 14.6 Å². The third-order valence-corrected chi connectivity index (χ3v) is 4.09. The van der Waals surface area contributed by atoms with Gasteiger partial charge in [-0.1, -0.05) is 26.0 Å². The predicted octanol–water partition coefficient (Wildman–Crippen LogP) is 3.17. The number of aromatic nitrogens is 3. The molecule has 0 aliphatic heterocycles. The van der Waals surface area contributed by atoms with Gasteiger partial charge in [-0.3, -0.25) is 9.89 Å². The number of amides is 1. The van der Waals surface area contributed by atoms with Gasteiger partial charge in [0.05, 0.1) is 6.54 Å². The van der Waals surface area contributed by atoms with Gasteiger partial charge in [0.2, 0.25) is 0 Å². The van der Waals surface area contributed by atoms with Crippen molar-refractivity contribution in [3.63, 3.8) is 0 Å². The number of hydrogen-bond donors (Lipinski definition) is 2. The minimum absolute atomic E-state index is 0.193. The summed E-state index contributed by atoms with van der Waals surface area (Å²) in [5.41, 5.74) is 1.18. The quantitative estimate of drug-likeness (QED) is 0.754. The third kappa shape index (κ3) is 4.44. The summed E-state index contributed by atoms with van der Waals surface area (Å²) >= 11 is 5.13. The molecule has 0 saturated heterocycles. The fraction of sp³-hybridized carbons (Fsp3) is 0.471. The Bertz CT molecular complexity index is 751. The first-order valence-electron chi connectivity index (χ1n) is 8.10. The molecule has 1 amide bonds. The van der Waals surface area contributed by atoms with Crippen molar-refractivity contribution in [1.82, 2.24) is 20.1 Å². The monoisotopic (exact) mass is 348 g/mol. The van der Waals surface area contributed by atoms with E-state index in [-0.39, 0.29) is 5.91 Å². The lowest BCUT2D eigenvalue weighted by Gasteiger charge is -2.16. The molecule has 1 atom stereocenters. The summed E-state index contributed by atoms with van der Waals surface area (Å²) in [6.45, 7) is 8.96. The molecule has 0 aliphatic rings. The van der Waals surface area contributed by atoms with E-state index in [1.54, 1.807) is 6.92 Å². The number of nitrogens with one attached hydrogen (secondary N) is 2. The number of carbonyl (C=O) groups is 1. The minimum atomic E-state index is -0.593. The summed E-state index contributed by atoms with van der Waals surface area (Å²) in [4.78, 5) is 12.2. The number of rotatable bonds is 7. The number of benzene rings is 1. The van der Waals surface area contributed by atoms with Gasteiger partial charge in [0.15, 0.2) is 16.7 Å². The first-order valence-corrected chi connectivity index (χ1v) is 8.51. The average molecular weight is 348 g/mol. The van der Waals surface area contributed by atoms with Crippen LogP contribution in [0.25, 0.3) is 0 Å². The lowest BCUT2D eigenvalue weighted by atomic mass is 10.0. The van der Waals surface area contributed by atoms with E-state index >= 15 is 0 Å². The fourth-order valence-electron chi connectivity index (χ4n) is 2.33. The predicted molar refractivity (Wildman–Crippen MR) is 95.6 cm³/mol. The summed E-state index contributed by atoms with van der Waals surface area (Å²) in [5, 5.41) is 9.68. The molecule has 0 radical (unpaired) electrons. The maximum atomic E-state index is 12.2. The molecule has 6 nitrogen and oxygen atoms in total. The largest absolute Gasteiger partial charge is 0.481 e. The van der Waals surface area contributed by atoms with Crippen molar-refractivity contribution in [2.75, 3.05) is 0 Å². The maximum Gasteiger partial charge on any atom is 0.261 e. The Hall–Kier alpha value is -2.15. The molecule has 0 bridgehead atoms. The van der Waals surface area contributed by atoms with Gasteiger partial charge in [-0.15, -0.1) is 0 Å². The van der Waals surface area contributed by atoms with Crippen molar-refractivity contribution in [2.24, 2.45) is 0 Å². The molecule has 24 heavy (non-hydrogen) atoms. The van der Waals surface area contributed by atoms with E-state index in [9.17, 15) is 4.79 Å². The summed E-state index contributed by atoms with van der Waals surface area (Å²) < 4.78 is 8.14. The molecule has 0 aliphatic carbocycles. The van der Waals surface area contributed by atoms with Crippen molar-refractivity contribution in [3.8, 4) is 5.75 Å². The Kier molecular flexibility index (Phi) is 6.14. The minimum Gasteiger partial charge on any atom is -0.481 e. The SMILES string of the molecule is CCn1c(CNC(=O)C(C)Oc2cccc(C(C)C)c2)n[nH]c1=S. The van der Waals surface area contributed by atoms with E-state index in [2.05, 4.69) is 35.4 Å². The van der Waals surface area contributed by atoms with Gasteiger partial charge >= 0.3 is 0 Å². The molecule has 0 saturated carbocycles. The number of ether oxygens (including phenoxy) is 1. The standard InChI is InChI=1S/C17H24N4O2S/c1-5-21-15(19-20-17(21)24)10-18-16(22)12(4)23-14-8-6-7-13(9-14)11(2)3/h6-9,11-12H,5,10H2,1-4H3,(H,18,22)(H,20,24). The highest BCUT2D eigenvalue weighted by Gasteiger charge is 2.16. The molecule has 2 rings (SSSR count). The van der Waals surface area contributed by atoms with Crippen LogP contribution >= 0.6 is 12.2 Å². The molecule has 130 valence electrons. The zero-order valence-corrected chi connectivity index (χ0v) is 15.3. The van der Waals surface area contributed by atoms with Crippen LogP contribution in [-0.2, 0) is 17.9 Å². The Morgan fingerprint density at radius 2 is 2.17 bits per heavy atom. The van der Waals surface area contributed by atoms with E-state index in [1.165, 1.54) is 5.56 Å². The Balaban J connectivity index is 1.95. The van der Waals surface area contributed by atoms with Gasteiger partial charge in [-0.2, -0.15) is 5.10 Å². The normalized spacial score (nSPS) is 12.2. The second kappa shape index (κ2) is 8.10. The highest BCUT2D eigenvalue weighted by molar-refractivity contribution is 7.71. The Labute approximate surface area is 147 Å². The number of nitrogens with zero attached hydrogens (tertiary/aromatic N) is 2. The van der Waals surface area contributed by atoms with E-state index in [4.69, 9.17) is 17.0 Å². The number of H-pyrrole nitrogens is 1. The lowest BCUT2D eigenvalue weighted by molar-refractivity contribution is -0.127. The summed E-state index contributed by atoms with van der Waals surface area (Å²) in [7, 11) is 0. The smallest absolute Gasteiger partial charge is 0.261 e. The second-order valence-electron chi connectivity index (χ2n) is 5.89. The van der Waals surface area contributed by atoms with Crippen LogP contribution in [0.1, 0.15) is 45.0 Å². The summed E-state index contributed by atoms with van der Waals surface area (Å²) in [5.74, 6) is 1.61. The lowest BCUT2D eigenvalue weighted by Crippen LogP contribution is -2.36. The Morgan fingerprint density at radius 1 is 1.42 bits per heavy atom. The Morgan fingerprint density at radius 3 is 2.83 bits per heavy atom. The van der Waals surface area contributed by atoms with E-state index in [0.717, 1.165) is 0 Å². The van der Waals surface area contributed by atoms with Gasteiger partial charge in [0, 0.05) is 6.54 Å². The van der Waals surface area contributed by atoms with Crippen LogP contribution in [0.4, 0.5) is 0 Å². The molecular formula is C17H24N4O2S. The van der Waals surface area contributed by atoms with Crippen LogP contribution in [0.3, 0.4) is 0 Å². The van der Waals surface area contributed by atoms with Crippen molar-refractivity contribution < 1.29 is 9.53 Å². The molecule has 2 aromatic rings. The van der Waals surface area contributed by atoms with Crippen LogP contribution in [0.5, 0.6) is 5.75 Å². The number of aromatic amines is 1. The van der Waals surface area contributed by atoms with Crippen molar-refractivity contribution in [1.29, 1.82) is 0 Å². The van der Waals surface area contributed by atoms with Gasteiger partial charge in [-0.05, 0) is 49.7 Å². The van der Waals surface area contributed by atoms with Gasteiger partial charge in [0.1, 0.15) is 5.75 Å². The van der Waals surface area contributed by atoms with Gasteiger partial charge in [-0.25, -0.2) is 0 Å². The zero-order valence-electron chi connectivity index (χ0n) is 14.5. The molecule has 0 spiro atoms. The van der Waals surface area contributed by atoms with Crippen molar-refractivity contribution >= 4 is 18.1 Å². The van der Waals surface area contributed by atoms with E-state index in [0.29, 0.717) is 35.4 Å². The first-order chi connectivity index (χ1) is 11.4. The fourth-order valence-corrected chi connectivity index (χ4v) is 2.61. The zero-order chi connectivity index (χ0) is 17.7. The van der Waals surface area contributed by atoms with Crippen LogP contribution in [0.15, 0.2) is 24.3 Å². The molecule has 0 fully saturated rings. The molecule has 7 heteroatoms. The highest BCUT2D eigenvalue weighted by Crippen LogP contribution is 2.21. The molecular weight excluding hydrogens is 324 g/mol. The van der Waals surface area contributed by atoms with Crippen LogP contribution in [-0.4, -0.2) is 26.8 Å². The van der Waals surface area contributed by atoms with E-state index < -0.39 is 6.10 Å². The average Bonchev–Trinajstić information content (AvgIpc) is 2.92. The van der Waals surface area contributed by atoms with Gasteiger partial charge in [0.25, 0.3) is 5.91 Å².